The predicted octanol–water partition coefficient (Wildman–Crippen LogP) is 4.75. The molecule has 0 aliphatic carbocycles. The lowest BCUT2D eigenvalue weighted by Gasteiger charge is -2.38. The van der Waals surface area contributed by atoms with E-state index < -0.39 is 33.9 Å². The van der Waals surface area contributed by atoms with Crippen LogP contribution in [0.5, 0.6) is 5.75 Å². The largest absolute Gasteiger partial charge is 0.487 e. The van der Waals surface area contributed by atoms with Crippen molar-refractivity contribution in [3.05, 3.63) is 89.7 Å². The Hall–Kier alpha value is -3.39. The number of hydrogen-bond acceptors (Lipinski definition) is 4. The first kappa shape index (κ1) is 23.8. The van der Waals surface area contributed by atoms with Crippen LogP contribution in [0.15, 0.2) is 77.7 Å². The molecule has 6 nitrogen and oxygen atoms in total. The number of carbonyl (C=O) groups excluding carboxylic acids is 1. The molecule has 34 heavy (non-hydrogen) atoms. The van der Waals surface area contributed by atoms with Gasteiger partial charge >= 0.3 is 0 Å². The third kappa shape index (κ3) is 5.07. The molecule has 1 aliphatic heterocycles. The van der Waals surface area contributed by atoms with Gasteiger partial charge in [0.05, 0.1) is 16.6 Å². The molecular weight excluding hydrogens is 455 g/mol. The molecule has 178 valence electrons. The normalized spacial score (nSPS) is 16.8. The van der Waals surface area contributed by atoms with Gasteiger partial charge in [0.2, 0.25) is 5.91 Å². The van der Waals surface area contributed by atoms with Crippen molar-refractivity contribution in [3.8, 4) is 5.75 Å². The number of fused-ring (bicyclic) bond motifs is 1. The first-order valence-corrected chi connectivity index (χ1v) is 12.4. The molecule has 1 unspecified atom stereocenters. The third-order valence-electron chi connectivity index (χ3n) is 5.72. The predicted molar refractivity (Wildman–Crippen MR) is 129 cm³/mol. The Morgan fingerprint density at radius 2 is 1.71 bits per heavy atom. The van der Waals surface area contributed by atoms with Crippen molar-refractivity contribution in [2.45, 2.75) is 43.7 Å². The zero-order chi connectivity index (χ0) is 24.5. The second kappa shape index (κ2) is 9.10. The maximum absolute atomic E-state index is 13.5. The molecule has 1 heterocycles. The zero-order valence-corrected chi connectivity index (χ0v) is 20.1. The smallest absolute Gasteiger partial charge is 0.264 e. The molecular formula is C26H27FN2O4S. The van der Waals surface area contributed by atoms with Gasteiger partial charge < -0.3 is 10.1 Å². The summed E-state index contributed by atoms with van der Waals surface area (Å²) in [5.41, 5.74) is 1.44. The van der Waals surface area contributed by atoms with Crippen LogP contribution in [0.3, 0.4) is 0 Å². The SMILES string of the molecule is Cc1ccc(S(=O)(=O)N(CC(=O)NC2CC(C)(C)Oc3ccccc32)c2ccc(F)cc2)cc1. The van der Waals surface area contributed by atoms with Gasteiger partial charge in [0.15, 0.2) is 0 Å². The Morgan fingerprint density at radius 1 is 1.06 bits per heavy atom. The van der Waals surface area contributed by atoms with Crippen LogP contribution in [-0.2, 0) is 14.8 Å². The van der Waals surface area contributed by atoms with Crippen LogP contribution in [0.4, 0.5) is 10.1 Å². The van der Waals surface area contributed by atoms with Crippen LogP contribution in [0.25, 0.3) is 0 Å². The number of benzene rings is 3. The van der Waals surface area contributed by atoms with Gasteiger partial charge in [0.25, 0.3) is 10.0 Å². The molecule has 0 fully saturated rings. The lowest BCUT2D eigenvalue weighted by Crippen LogP contribution is -2.45. The van der Waals surface area contributed by atoms with Crippen molar-refractivity contribution in [2.24, 2.45) is 0 Å². The molecule has 4 rings (SSSR count). The highest BCUT2D eigenvalue weighted by Crippen LogP contribution is 2.39. The molecule has 1 atom stereocenters. The molecule has 0 aromatic heterocycles. The Labute approximate surface area is 199 Å². The fourth-order valence-electron chi connectivity index (χ4n) is 4.06. The molecule has 3 aromatic rings. The summed E-state index contributed by atoms with van der Waals surface area (Å²) in [5, 5.41) is 2.98. The number of anilines is 1. The van der Waals surface area contributed by atoms with Crippen LogP contribution in [0, 0.1) is 12.7 Å². The van der Waals surface area contributed by atoms with Crippen molar-refractivity contribution in [2.75, 3.05) is 10.8 Å². The number of halogens is 1. The summed E-state index contributed by atoms with van der Waals surface area (Å²) in [5.74, 6) is -0.286. The number of ether oxygens (including phenoxy) is 1. The summed E-state index contributed by atoms with van der Waals surface area (Å²) in [6.07, 6.45) is 0.525. The summed E-state index contributed by atoms with van der Waals surface area (Å²) in [4.78, 5) is 13.2. The molecule has 1 aliphatic rings. The highest BCUT2D eigenvalue weighted by Gasteiger charge is 2.35. The van der Waals surface area contributed by atoms with E-state index in [2.05, 4.69) is 5.32 Å². The average Bonchev–Trinajstić information content (AvgIpc) is 2.77. The first-order valence-electron chi connectivity index (χ1n) is 11.0. The zero-order valence-electron chi connectivity index (χ0n) is 19.3. The van der Waals surface area contributed by atoms with Gasteiger partial charge in [-0.1, -0.05) is 35.9 Å². The third-order valence-corrected chi connectivity index (χ3v) is 7.51. The molecule has 0 bridgehead atoms. The number of nitrogens with one attached hydrogen (secondary N) is 1. The van der Waals surface area contributed by atoms with Crippen molar-refractivity contribution in [1.29, 1.82) is 0 Å². The Morgan fingerprint density at radius 3 is 2.38 bits per heavy atom. The number of para-hydroxylation sites is 1. The van der Waals surface area contributed by atoms with E-state index in [-0.39, 0.29) is 16.6 Å². The molecule has 1 N–H and O–H groups in total. The van der Waals surface area contributed by atoms with Gasteiger partial charge in [-0.2, -0.15) is 0 Å². The number of rotatable bonds is 6. The summed E-state index contributed by atoms with van der Waals surface area (Å²) < 4.78 is 47.5. The van der Waals surface area contributed by atoms with Crippen LogP contribution >= 0.6 is 0 Å². The second-order valence-corrected chi connectivity index (χ2v) is 10.9. The van der Waals surface area contributed by atoms with Crippen LogP contribution in [0.1, 0.15) is 37.4 Å². The summed E-state index contributed by atoms with van der Waals surface area (Å²) in [6, 6.07) is 18.5. The molecule has 0 radical (unpaired) electrons. The van der Waals surface area contributed by atoms with Gasteiger partial charge in [-0.25, -0.2) is 12.8 Å². The average molecular weight is 483 g/mol. The number of nitrogens with zero attached hydrogens (tertiary/aromatic N) is 1. The summed E-state index contributed by atoms with van der Waals surface area (Å²) in [7, 11) is -4.08. The topological polar surface area (TPSA) is 75.7 Å². The van der Waals surface area contributed by atoms with E-state index in [1.54, 1.807) is 12.1 Å². The van der Waals surface area contributed by atoms with Crippen molar-refractivity contribution >= 4 is 21.6 Å². The van der Waals surface area contributed by atoms with Gasteiger partial charge in [-0.3, -0.25) is 9.10 Å². The Bertz CT molecular complexity index is 1290. The van der Waals surface area contributed by atoms with Crippen LogP contribution in [-0.4, -0.2) is 26.5 Å². The second-order valence-electron chi connectivity index (χ2n) is 9.02. The molecule has 8 heteroatoms. The van der Waals surface area contributed by atoms with E-state index >= 15 is 0 Å². The number of hydrogen-bond donors (Lipinski definition) is 1. The van der Waals surface area contributed by atoms with Gasteiger partial charge in [0.1, 0.15) is 23.7 Å². The lowest BCUT2D eigenvalue weighted by molar-refractivity contribution is -0.120. The van der Waals surface area contributed by atoms with Crippen LogP contribution < -0.4 is 14.4 Å². The van der Waals surface area contributed by atoms with Gasteiger partial charge in [0, 0.05) is 12.0 Å². The maximum atomic E-state index is 13.5. The highest BCUT2D eigenvalue weighted by atomic mass is 32.2. The molecule has 1 amide bonds. The van der Waals surface area contributed by atoms with E-state index in [0.717, 1.165) is 15.4 Å². The fourth-order valence-corrected chi connectivity index (χ4v) is 5.48. The summed E-state index contributed by atoms with van der Waals surface area (Å²) >= 11 is 0. The van der Waals surface area contributed by atoms with E-state index in [1.807, 2.05) is 45.0 Å². The van der Waals surface area contributed by atoms with E-state index in [4.69, 9.17) is 4.74 Å². The number of carbonyl (C=O) groups is 1. The van der Waals surface area contributed by atoms with E-state index in [9.17, 15) is 17.6 Å². The summed E-state index contributed by atoms with van der Waals surface area (Å²) in [6.45, 7) is 5.28. The molecule has 0 saturated carbocycles. The lowest BCUT2D eigenvalue weighted by atomic mass is 9.89. The van der Waals surface area contributed by atoms with Crippen molar-refractivity contribution in [1.82, 2.24) is 5.32 Å². The Kier molecular flexibility index (Phi) is 6.36. The van der Waals surface area contributed by atoms with Crippen LogP contribution in [0.2, 0.25) is 0 Å². The standard InChI is InChI=1S/C26H27FN2O4S/c1-18-8-14-21(15-9-18)34(31,32)29(20-12-10-19(27)11-13-20)17-25(30)28-23-16-26(2,3)33-24-7-5-4-6-22(23)24/h4-15,23H,16-17H2,1-3H3,(H,28,30). The number of aryl methyl sites for hydroxylation is 1. The van der Waals surface area contributed by atoms with E-state index in [0.29, 0.717) is 12.2 Å². The van der Waals surface area contributed by atoms with E-state index in [1.165, 1.54) is 36.4 Å². The fraction of sp³-hybridized carbons (Fsp3) is 0.269. The van der Waals surface area contributed by atoms with Gasteiger partial charge in [-0.05, 0) is 63.2 Å². The van der Waals surface area contributed by atoms with Crippen molar-refractivity contribution < 1.29 is 22.3 Å². The number of sulfonamides is 1. The molecule has 3 aromatic carbocycles. The minimum atomic E-state index is -4.08. The first-order chi connectivity index (χ1) is 16.0. The minimum Gasteiger partial charge on any atom is -0.487 e. The minimum absolute atomic E-state index is 0.0489. The van der Waals surface area contributed by atoms with Gasteiger partial charge in [-0.15, -0.1) is 0 Å². The number of amides is 1. The van der Waals surface area contributed by atoms with Crippen molar-refractivity contribution in [3.63, 3.8) is 0 Å². The Balaban J connectivity index is 1.64. The monoisotopic (exact) mass is 482 g/mol. The molecule has 0 saturated heterocycles. The molecule has 0 spiro atoms. The highest BCUT2D eigenvalue weighted by molar-refractivity contribution is 7.92. The maximum Gasteiger partial charge on any atom is 0.264 e. The quantitative estimate of drug-likeness (QED) is 0.550.